The van der Waals surface area contributed by atoms with Crippen molar-refractivity contribution < 1.29 is 24.3 Å². The zero-order chi connectivity index (χ0) is 13.4. The number of nitrogens with two attached hydrogens (primary N) is 1. The Kier molecular flexibility index (Phi) is 3.45. The van der Waals surface area contributed by atoms with Crippen LogP contribution in [-0.4, -0.2) is 20.9 Å². The van der Waals surface area contributed by atoms with Crippen LogP contribution in [0.25, 0.3) is 0 Å². The van der Waals surface area contributed by atoms with Crippen molar-refractivity contribution in [2.75, 3.05) is 0 Å². The predicted octanol–water partition coefficient (Wildman–Crippen LogP) is 0.0565. The molecule has 0 saturated carbocycles. The molecule has 0 aliphatic carbocycles. The van der Waals surface area contributed by atoms with Crippen molar-refractivity contribution in [1.82, 2.24) is 0 Å². The molecule has 7 heteroatoms. The van der Waals surface area contributed by atoms with Crippen molar-refractivity contribution >= 4 is 18.9 Å². The van der Waals surface area contributed by atoms with Crippen molar-refractivity contribution in [3.63, 3.8) is 0 Å². The number of hydrogen-bond acceptors (Lipinski definition) is 3. The highest BCUT2D eigenvalue weighted by Crippen LogP contribution is 2.35. The van der Waals surface area contributed by atoms with Crippen LogP contribution in [-0.2, 0) is 14.9 Å². The summed E-state index contributed by atoms with van der Waals surface area (Å²) in [5, 5.41) is 8.81. The number of hydrogen-bond donors (Lipinski definition) is 4. The number of benzene rings is 1. The quantitative estimate of drug-likeness (QED) is 0.569. The van der Waals surface area contributed by atoms with Gasteiger partial charge in [0, 0.05) is 0 Å². The molecule has 0 aliphatic rings. The Bertz CT molecular complexity index is 505. The molecular formula is C10H14NO5P. The minimum absolute atomic E-state index is 0.123. The van der Waals surface area contributed by atoms with Crippen molar-refractivity contribution in [2.24, 2.45) is 5.73 Å². The Morgan fingerprint density at radius 1 is 1.41 bits per heavy atom. The molecule has 0 unspecified atom stereocenters. The van der Waals surface area contributed by atoms with Crippen LogP contribution in [0.1, 0.15) is 18.1 Å². The Labute approximate surface area is 98.2 Å². The molecule has 0 bridgehead atoms. The average Bonchev–Trinajstić information content (AvgIpc) is 2.15. The van der Waals surface area contributed by atoms with Crippen molar-refractivity contribution in [3.8, 4) is 0 Å². The third-order valence-corrected chi connectivity index (χ3v) is 3.68. The van der Waals surface area contributed by atoms with Gasteiger partial charge in [-0.25, -0.2) is 4.79 Å². The average molecular weight is 259 g/mol. The first-order valence-corrected chi connectivity index (χ1v) is 6.37. The number of rotatable bonds is 3. The fourth-order valence-electron chi connectivity index (χ4n) is 1.43. The van der Waals surface area contributed by atoms with E-state index in [4.69, 9.17) is 20.6 Å². The summed E-state index contributed by atoms with van der Waals surface area (Å²) >= 11 is 0. The molecule has 1 rings (SSSR count). The molecular weight excluding hydrogens is 245 g/mol. The number of aliphatic carboxylic acids is 1. The molecule has 5 N–H and O–H groups in total. The molecule has 6 nitrogen and oxygen atoms in total. The summed E-state index contributed by atoms with van der Waals surface area (Å²) < 4.78 is 11.1. The molecule has 17 heavy (non-hydrogen) atoms. The van der Waals surface area contributed by atoms with Crippen LogP contribution in [0.2, 0.25) is 0 Å². The first kappa shape index (κ1) is 13.9. The van der Waals surface area contributed by atoms with Gasteiger partial charge >= 0.3 is 13.6 Å². The molecule has 0 amide bonds. The Morgan fingerprint density at radius 2 is 1.94 bits per heavy atom. The maximum atomic E-state index is 11.1. The number of carboxylic acids is 1. The van der Waals surface area contributed by atoms with Crippen LogP contribution in [0.3, 0.4) is 0 Å². The van der Waals surface area contributed by atoms with Gasteiger partial charge < -0.3 is 20.6 Å². The molecule has 0 aromatic heterocycles. The molecule has 0 saturated heterocycles. The van der Waals surface area contributed by atoms with Gasteiger partial charge in [-0.05, 0) is 31.0 Å². The first-order chi connectivity index (χ1) is 7.56. The minimum atomic E-state index is -4.34. The monoisotopic (exact) mass is 259 g/mol. The van der Waals surface area contributed by atoms with Gasteiger partial charge in [0.25, 0.3) is 0 Å². The van der Waals surface area contributed by atoms with Gasteiger partial charge in [-0.3, -0.25) is 4.57 Å². The summed E-state index contributed by atoms with van der Waals surface area (Å²) in [5.41, 5.74) is 4.64. The lowest BCUT2D eigenvalue weighted by Gasteiger charge is -2.21. The van der Waals surface area contributed by atoms with Crippen molar-refractivity contribution in [1.29, 1.82) is 0 Å². The van der Waals surface area contributed by atoms with Gasteiger partial charge in [0.1, 0.15) is 5.54 Å². The maximum absolute atomic E-state index is 11.1. The summed E-state index contributed by atoms with van der Waals surface area (Å²) in [7, 11) is -4.34. The number of aryl methyl sites for hydroxylation is 1. The lowest BCUT2D eigenvalue weighted by atomic mass is 9.92. The van der Waals surface area contributed by atoms with Gasteiger partial charge in [0.05, 0.1) is 5.30 Å². The van der Waals surface area contributed by atoms with E-state index in [2.05, 4.69) is 0 Å². The normalized spacial score (nSPS) is 15.4. The SMILES string of the molecule is Cc1cc([C@@](C)(N)C(=O)O)ccc1P(=O)(O)O. The van der Waals surface area contributed by atoms with Gasteiger partial charge in [0.2, 0.25) is 0 Å². The molecule has 1 aromatic carbocycles. The Balaban J connectivity index is 3.32. The van der Waals surface area contributed by atoms with Crippen LogP contribution < -0.4 is 11.0 Å². The number of carboxylic acid groups (broad SMARTS) is 1. The second-order valence-electron chi connectivity index (χ2n) is 4.05. The predicted molar refractivity (Wildman–Crippen MR) is 62.0 cm³/mol. The summed E-state index contributed by atoms with van der Waals surface area (Å²) in [6.45, 7) is 2.82. The van der Waals surface area contributed by atoms with E-state index >= 15 is 0 Å². The smallest absolute Gasteiger partial charge is 0.356 e. The van der Waals surface area contributed by atoms with Gasteiger partial charge in [0.15, 0.2) is 0 Å². The van der Waals surface area contributed by atoms with E-state index in [0.717, 1.165) is 0 Å². The third kappa shape index (κ3) is 2.73. The van der Waals surface area contributed by atoms with E-state index in [1.807, 2.05) is 0 Å². The van der Waals surface area contributed by atoms with Crippen LogP contribution in [0.5, 0.6) is 0 Å². The zero-order valence-electron chi connectivity index (χ0n) is 9.41. The lowest BCUT2D eigenvalue weighted by Crippen LogP contribution is -2.41. The fourth-order valence-corrected chi connectivity index (χ4v) is 2.22. The highest BCUT2D eigenvalue weighted by molar-refractivity contribution is 7.60. The summed E-state index contributed by atoms with van der Waals surface area (Å²) in [6, 6.07) is 3.90. The van der Waals surface area contributed by atoms with Crippen molar-refractivity contribution in [2.45, 2.75) is 19.4 Å². The summed E-state index contributed by atoms with van der Waals surface area (Å²) in [5.74, 6) is -1.21. The molecule has 0 radical (unpaired) electrons. The molecule has 94 valence electrons. The van der Waals surface area contributed by atoms with E-state index in [0.29, 0.717) is 11.1 Å². The molecule has 0 fully saturated rings. The van der Waals surface area contributed by atoms with Gasteiger partial charge in [-0.1, -0.05) is 12.1 Å². The molecule has 1 atom stereocenters. The second-order valence-corrected chi connectivity index (χ2v) is 5.62. The highest BCUT2D eigenvalue weighted by Gasteiger charge is 2.31. The number of carbonyl (C=O) groups is 1. The zero-order valence-corrected chi connectivity index (χ0v) is 10.3. The summed E-state index contributed by atoms with van der Waals surface area (Å²) in [4.78, 5) is 29.0. The van der Waals surface area contributed by atoms with Crippen LogP contribution in [0.4, 0.5) is 0 Å². The minimum Gasteiger partial charge on any atom is -0.480 e. The van der Waals surface area contributed by atoms with Gasteiger partial charge in [-0.15, -0.1) is 0 Å². The fraction of sp³-hybridized carbons (Fsp3) is 0.300. The van der Waals surface area contributed by atoms with Gasteiger partial charge in [-0.2, -0.15) is 0 Å². The van der Waals surface area contributed by atoms with E-state index in [1.54, 1.807) is 0 Å². The third-order valence-electron chi connectivity index (χ3n) is 2.55. The Morgan fingerprint density at radius 3 is 2.29 bits per heavy atom. The van der Waals surface area contributed by atoms with E-state index in [9.17, 15) is 9.36 Å². The van der Waals surface area contributed by atoms with E-state index in [1.165, 1.54) is 32.0 Å². The summed E-state index contributed by atoms with van der Waals surface area (Å²) in [6.07, 6.45) is 0. The largest absolute Gasteiger partial charge is 0.480 e. The molecule has 0 spiro atoms. The Hall–Kier alpha value is -1.20. The van der Waals surface area contributed by atoms with Crippen LogP contribution >= 0.6 is 7.60 Å². The first-order valence-electron chi connectivity index (χ1n) is 4.76. The molecule has 1 aromatic rings. The van der Waals surface area contributed by atoms with Crippen LogP contribution in [0, 0.1) is 6.92 Å². The lowest BCUT2D eigenvalue weighted by molar-refractivity contribution is -0.143. The molecule has 0 heterocycles. The van der Waals surface area contributed by atoms with E-state index < -0.39 is 19.1 Å². The van der Waals surface area contributed by atoms with Crippen LogP contribution in [0.15, 0.2) is 18.2 Å². The second kappa shape index (κ2) is 4.23. The maximum Gasteiger partial charge on any atom is 0.356 e. The van der Waals surface area contributed by atoms with E-state index in [-0.39, 0.29) is 5.30 Å². The standard InChI is InChI=1S/C10H14NO5P/c1-6-5-7(10(2,11)9(12)13)3-4-8(6)17(14,15)16/h3-5H,11H2,1-2H3,(H,12,13)(H2,14,15,16)/t10-/m1/s1. The van der Waals surface area contributed by atoms with Crippen molar-refractivity contribution in [3.05, 3.63) is 29.3 Å². The molecule has 0 aliphatic heterocycles. The highest BCUT2D eigenvalue weighted by atomic mass is 31.2. The topological polar surface area (TPSA) is 121 Å².